The van der Waals surface area contributed by atoms with E-state index in [1.54, 1.807) is 41.1 Å². The van der Waals surface area contributed by atoms with Crippen LogP contribution in [0.25, 0.3) is 10.9 Å². The standard InChI is InChI=1S/C28H27F2NO3/c1-18(2)20-13-25(29)24(26(30)14-20)16-31-15-21(23-10-6-7-11-27(23)31)12-22(32)17-34-28(33)19-8-4-3-5-9-19/h3-11,13-15,18,22,32H,12,16-17H2,1-2H3. The quantitative estimate of drug-likeness (QED) is 0.334. The van der Waals surface area contributed by atoms with E-state index < -0.39 is 23.7 Å². The number of ether oxygens (including phenoxy) is 1. The van der Waals surface area contributed by atoms with Crippen LogP contribution in [0.1, 0.15) is 46.8 Å². The number of esters is 1. The Morgan fingerprint density at radius 3 is 2.32 bits per heavy atom. The fourth-order valence-corrected chi connectivity index (χ4v) is 4.04. The molecule has 4 rings (SSSR count). The van der Waals surface area contributed by atoms with Gasteiger partial charge in [0.15, 0.2) is 0 Å². The van der Waals surface area contributed by atoms with Gasteiger partial charge in [0, 0.05) is 29.1 Å². The van der Waals surface area contributed by atoms with Crippen LogP contribution < -0.4 is 0 Å². The van der Waals surface area contributed by atoms with Crippen LogP contribution >= 0.6 is 0 Å². The lowest BCUT2D eigenvalue weighted by Crippen LogP contribution is -2.21. The number of aliphatic hydroxyl groups is 1. The predicted octanol–water partition coefficient (Wildman–Crippen LogP) is 5.85. The van der Waals surface area contributed by atoms with Gasteiger partial charge >= 0.3 is 5.97 Å². The van der Waals surface area contributed by atoms with Gasteiger partial charge in [0.1, 0.15) is 18.2 Å². The second-order valence-corrected chi connectivity index (χ2v) is 8.74. The zero-order chi connectivity index (χ0) is 24.2. The van der Waals surface area contributed by atoms with E-state index in [9.17, 15) is 18.7 Å². The largest absolute Gasteiger partial charge is 0.459 e. The van der Waals surface area contributed by atoms with Crippen LogP contribution in [0.15, 0.2) is 72.9 Å². The number of aromatic nitrogens is 1. The lowest BCUT2D eigenvalue weighted by atomic mass is 10.0. The molecule has 4 nitrogen and oxygen atoms in total. The van der Waals surface area contributed by atoms with Gasteiger partial charge in [-0.1, -0.05) is 50.2 Å². The van der Waals surface area contributed by atoms with Gasteiger partial charge in [-0.3, -0.25) is 0 Å². The van der Waals surface area contributed by atoms with Gasteiger partial charge in [-0.15, -0.1) is 0 Å². The zero-order valence-corrected chi connectivity index (χ0v) is 19.2. The summed E-state index contributed by atoms with van der Waals surface area (Å²) in [4.78, 5) is 12.1. The molecule has 1 unspecified atom stereocenters. The highest BCUT2D eigenvalue weighted by molar-refractivity contribution is 5.89. The first-order valence-corrected chi connectivity index (χ1v) is 11.3. The highest BCUT2D eigenvalue weighted by atomic mass is 19.1. The molecular weight excluding hydrogens is 436 g/mol. The fraction of sp³-hybridized carbons (Fsp3) is 0.250. The predicted molar refractivity (Wildman–Crippen MR) is 128 cm³/mol. The van der Waals surface area contributed by atoms with Crippen LogP contribution in [0, 0.1) is 11.6 Å². The Balaban J connectivity index is 1.53. The third-order valence-corrected chi connectivity index (χ3v) is 5.90. The maximum atomic E-state index is 14.7. The SMILES string of the molecule is CC(C)c1cc(F)c(Cn2cc(CC(O)COC(=O)c3ccccc3)c3ccccc32)c(F)c1. The molecule has 0 aliphatic carbocycles. The molecule has 1 aromatic heterocycles. The van der Waals surface area contributed by atoms with Crippen LogP contribution in [0.3, 0.4) is 0 Å². The van der Waals surface area contributed by atoms with E-state index >= 15 is 0 Å². The number of benzene rings is 3. The van der Waals surface area contributed by atoms with Gasteiger partial charge in [0.25, 0.3) is 0 Å². The maximum Gasteiger partial charge on any atom is 0.338 e. The Kier molecular flexibility index (Phi) is 7.08. The molecule has 6 heteroatoms. The monoisotopic (exact) mass is 463 g/mol. The zero-order valence-electron chi connectivity index (χ0n) is 19.2. The van der Waals surface area contributed by atoms with Crippen LogP contribution in [0.2, 0.25) is 0 Å². The average Bonchev–Trinajstić information content (AvgIpc) is 3.17. The summed E-state index contributed by atoms with van der Waals surface area (Å²) < 4.78 is 36.5. The molecule has 0 saturated heterocycles. The molecule has 0 spiro atoms. The van der Waals surface area contributed by atoms with Crippen molar-refractivity contribution in [1.82, 2.24) is 4.57 Å². The minimum Gasteiger partial charge on any atom is -0.459 e. The van der Waals surface area contributed by atoms with Crippen LogP contribution in [0.5, 0.6) is 0 Å². The van der Waals surface area contributed by atoms with Crippen molar-refractivity contribution in [2.45, 2.75) is 38.8 Å². The molecule has 0 radical (unpaired) electrons. The van der Waals surface area contributed by atoms with Crippen LogP contribution in [-0.4, -0.2) is 28.4 Å². The summed E-state index contributed by atoms with van der Waals surface area (Å²) in [6.45, 7) is 3.65. The summed E-state index contributed by atoms with van der Waals surface area (Å²) >= 11 is 0. The summed E-state index contributed by atoms with van der Waals surface area (Å²) in [5.74, 6) is -1.63. The van der Waals surface area contributed by atoms with Gasteiger partial charge in [0.2, 0.25) is 0 Å². The molecule has 0 saturated carbocycles. The number of halogens is 2. The Morgan fingerprint density at radius 2 is 1.65 bits per heavy atom. The molecule has 34 heavy (non-hydrogen) atoms. The van der Waals surface area contributed by atoms with Crippen molar-refractivity contribution >= 4 is 16.9 Å². The van der Waals surface area contributed by atoms with E-state index in [1.807, 2.05) is 38.1 Å². The highest BCUT2D eigenvalue weighted by Crippen LogP contribution is 2.27. The van der Waals surface area contributed by atoms with Gasteiger partial charge < -0.3 is 14.4 Å². The summed E-state index contributed by atoms with van der Waals surface area (Å²) in [5, 5.41) is 11.4. The van der Waals surface area contributed by atoms with Gasteiger partial charge in [-0.2, -0.15) is 0 Å². The van der Waals surface area contributed by atoms with Gasteiger partial charge in [-0.05, 0) is 47.4 Å². The van der Waals surface area contributed by atoms with Gasteiger partial charge in [-0.25, -0.2) is 13.6 Å². The van der Waals surface area contributed by atoms with Crippen molar-refractivity contribution in [2.24, 2.45) is 0 Å². The smallest absolute Gasteiger partial charge is 0.338 e. The van der Waals surface area contributed by atoms with E-state index in [-0.39, 0.29) is 31.1 Å². The Labute approximate surface area is 197 Å². The van der Waals surface area contributed by atoms with Crippen molar-refractivity contribution < 1.29 is 23.4 Å². The summed E-state index contributed by atoms with van der Waals surface area (Å²) in [6, 6.07) is 18.9. The second kappa shape index (κ2) is 10.2. The van der Waals surface area contributed by atoms with Crippen LogP contribution in [0.4, 0.5) is 8.78 Å². The molecule has 1 heterocycles. The Bertz CT molecular complexity index is 1270. The molecule has 3 aromatic carbocycles. The first kappa shape index (κ1) is 23.6. The highest BCUT2D eigenvalue weighted by Gasteiger charge is 2.18. The molecule has 1 atom stereocenters. The number of aliphatic hydroxyl groups excluding tert-OH is 1. The Morgan fingerprint density at radius 1 is 1.00 bits per heavy atom. The molecule has 1 N–H and O–H groups in total. The number of fused-ring (bicyclic) bond motifs is 1. The number of hydrogen-bond acceptors (Lipinski definition) is 3. The summed E-state index contributed by atoms with van der Waals surface area (Å²) in [7, 11) is 0. The molecule has 0 aliphatic heterocycles. The molecule has 0 aliphatic rings. The summed E-state index contributed by atoms with van der Waals surface area (Å²) in [6.07, 6.45) is 1.10. The number of carbonyl (C=O) groups is 1. The van der Waals surface area contributed by atoms with Crippen molar-refractivity contribution in [1.29, 1.82) is 0 Å². The minimum atomic E-state index is -0.925. The lowest BCUT2D eigenvalue weighted by molar-refractivity contribution is 0.0259. The van der Waals surface area contributed by atoms with E-state index in [0.29, 0.717) is 11.1 Å². The number of rotatable bonds is 8. The second-order valence-electron chi connectivity index (χ2n) is 8.74. The van der Waals surface area contributed by atoms with E-state index in [2.05, 4.69) is 0 Å². The number of para-hydroxylation sites is 1. The van der Waals surface area contributed by atoms with E-state index in [0.717, 1.165) is 16.5 Å². The number of hydrogen-bond donors (Lipinski definition) is 1. The number of carbonyl (C=O) groups excluding carboxylic acids is 1. The van der Waals surface area contributed by atoms with Crippen LogP contribution in [-0.2, 0) is 17.7 Å². The lowest BCUT2D eigenvalue weighted by Gasteiger charge is -2.12. The van der Waals surface area contributed by atoms with E-state index in [4.69, 9.17) is 4.74 Å². The molecule has 4 aromatic rings. The van der Waals surface area contributed by atoms with Crippen molar-refractivity contribution in [3.05, 3.63) is 107 Å². The van der Waals surface area contributed by atoms with Crippen molar-refractivity contribution in [2.75, 3.05) is 6.61 Å². The van der Waals surface area contributed by atoms with Crippen molar-refractivity contribution in [3.63, 3.8) is 0 Å². The van der Waals surface area contributed by atoms with Gasteiger partial charge in [0.05, 0.1) is 18.2 Å². The molecule has 0 bridgehead atoms. The Hall–Kier alpha value is -3.51. The molecule has 0 fully saturated rings. The third-order valence-electron chi connectivity index (χ3n) is 5.90. The molecule has 0 amide bonds. The molecular formula is C28H27F2NO3. The normalized spacial score (nSPS) is 12.3. The van der Waals surface area contributed by atoms with Crippen molar-refractivity contribution in [3.8, 4) is 0 Å². The maximum absolute atomic E-state index is 14.7. The minimum absolute atomic E-state index is 0.00552. The fourth-order valence-electron chi connectivity index (χ4n) is 4.04. The first-order valence-electron chi connectivity index (χ1n) is 11.3. The number of nitrogens with zero attached hydrogens (tertiary/aromatic N) is 1. The average molecular weight is 464 g/mol. The first-order chi connectivity index (χ1) is 16.3. The molecule has 176 valence electrons. The summed E-state index contributed by atoms with van der Waals surface area (Å²) in [5.41, 5.74) is 2.63. The van der Waals surface area contributed by atoms with E-state index in [1.165, 1.54) is 12.1 Å². The topological polar surface area (TPSA) is 51.5 Å². The third kappa shape index (κ3) is 5.18.